The van der Waals surface area contributed by atoms with Crippen LogP contribution in [0.1, 0.15) is 37.9 Å². The molecule has 1 N–H and O–H groups in total. The number of nitrogens with one attached hydrogen (secondary N) is 1. The molecular weight excluding hydrogens is 450 g/mol. The smallest absolute Gasteiger partial charge is 0.312 e. The fourth-order valence-corrected chi connectivity index (χ4v) is 5.37. The lowest BCUT2D eigenvalue weighted by molar-refractivity contribution is -0.160. The Morgan fingerprint density at radius 3 is 2.09 bits per heavy atom. The summed E-state index contributed by atoms with van der Waals surface area (Å²) < 4.78 is 22.3. The third-order valence-electron chi connectivity index (χ3n) is 4.91. The predicted molar refractivity (Wildman–Crippen MR) is 136 cm³/mol. The Kier molecular flexibility index (Phi) is 8.89. The summed E-state index contributed by atoms with van der Waals surface area (Å²) in [6, 6.07) is 26.7. The fourth-order valence-electron chi connectivity index (χ4n) is 3.27. The van der Waals surface area contributed by atoms with Crippen LogP contribution in [0, 0.1) is 12.8 Å². The van der Waals surface area contributed by atoms with Gasteiger partial charge < -0.3 is 4.74 Å². The molecule has 0 aromatic heterocycles. The van der Waals surface area contributed by atoms with Crippen LogP contribution >= 0.6 is 11.8 Å². The van der Waals surface area contributed by atoms with Crippen molar-refractivity contribution in [3.05, 3.63) is 96.1 Å². The Bertz CT molecular complexity index is 1050. The molecule has 6 heteroatoms. The van der Waals surface area contributed by atoms with Gasteiger partial charge >= 0.3 is 5.97 Å². The lowest BCUT2D eigenvalue weighted by atomic mass is 9.95. The van der Waals surface area contributed by atoms with E-state index in [1.807, 2.05) is 113 Å². The largest absolute Gasteiger partial charge is 0.460 e. The van der Waals surface area contributed by atoms with Gasteiger partial charge in [0.15, 0.2) is 0 Å². The Balaban J connectivity index is 1.93. The number of thioether (sulfide) groups is 1. The Morgan fingerprint density at radius 2 is 1.52 bits per heavy atom. The van der Waals surface area contributed by atoms with Crippen molar-refractivity contribution in [2.45, 2.75) is 49.1 Å². The second kappa shape index (κ2) is 11.6. The molecule has 3 aromatic rings. The second-order valence-electron chi connectivity index (χ2n) is 8.85. The Labute approximate surface area is 203 Å². The predicted octanol–water partition coefficient (Wildman–Crippen LogP) is 6.10. The van der Waals surface area contributed by atoms with Gasteiger partial charge in [0, 0.05) is 10.6 Å². The number of ether oxygens (including phenoxy) is 1. The molecule has 174 valence electrons. The van der Waals surface area contributed by atoms with E-state index in [2.05, 4.69) is 4.72 Å². The van der Waals surface area contributed by atoms with Crippen molar-refractivity contribution < 1.29 is 13.7 Å². The van der Waals surface area contributed by atoms with Gasteiger partial charge in [0.1, 0.15) is 16.6 Å². The van der Waals surface area contributed by atoms with Crippen LogP contribution in [0.4, 0.5) is 0 Å². The molecule has 0 aliphatic carbocycles. The van der Waals surface area contributed by atoms with Gasteiger partial charge in [-0.3, -0.25) is 4.79 Å². The average Bonchev–Trinajstić information content (AvgIpc) is 2.79. The second-order valence-corrected chi connectivity index (χ2v) is 11.2. The van der Waals surface area contributed by atoms with E-state index < -0.39 is 28.5 Å². The molecule has 0 heterocycles. The van der Waals surface area contributed by atoms with Gasteiger partial charge in [-0.25, -0.2) is 8.93 Å². The topological polar surface area (TPSA) is 55.4 Å². The third kappa shape index (κ3) is 7.84. The first-order chi connectivity index (χ1) is 15.7. The maximum Gasteiger partial charge on any atom is 0.312 e. The maximum atomic E-state index is 13.4. The summed E-state index contributed by atoms with van der Waals surface area (Å²) in [6.45, 7) is 7.58. The van der Waals surface area contributed by atoms with Crippen molar-refractivity contribution in [3.63, 3.8) is 0 Å². The minimum atomic E-state index is -1.50. The molecule has 0 spiro atoms. The minimum absolute atomic E-state index is 0.312. The molecule has 3 atom stereocenters. The quantitative estimate of drug-likeness (QED) is 0.296. The van der Waals surface area contributed by atoms with Crippen LogP contribution in [-0.4, -0.2) is 21.5 Å². The summed E-state index contributed by atoms with van der Waals surface area (Å²) in [6.07, 6.45) is 0. The zero-order valence-corrected chi connectivity index (χ0v) is 21.1. The van der Waals surface area contributed by atoms with Crippen LogP contribution < -0.4 is 4.72 Å². The van der Waals surface area contributed by atoms with E-state index >= 15 is 0 Å². The van der Waals surface area contributed by atoms with E-state index in [0.29, 0.717) is 10.6 Å². The van der Waals surface area contributed by atoms with Crippen LogP contribution in [-0.2, 0) is 20.5 Å². The summed E-state index contributed by atoms with van der Waals surface area (Å²) in [5, 5.41) is 0. The molecule has 0 bridgehead atoms. The monoisotopic (exact) mass is 481 g/mol. The van der Waals surface area contributed by atoms with Gasteiger partial charge in [-0.15, -0.1) is 11.8 Å². The molecule has 0 amide bonds. The van der Waals surface area contributed by atoms with Crippen LogP contribution in [0.15, 0.2) is 94.7 Å². The molecular formula is C27H31NO3S2. The van der Waals surface area contributed by atoms with E-state index in [4.69, 9.17) is 4.74 Å². The summed E-state index contributed by atoms with van der Waals surface area (Å²) >= 11 is 1.59. The van der Waals surface area contributed by atoms with Crippen molar-refractivity contribution in [3.8, 4) is 0 Å². The zero-order chi connectivity index (χ0) is 23.8. The average molecular weight is 482 g/mol. The Hall–Kier alpha value is -2.41. The Morgan fingerprint density at radius 1 is 0.939 bits per heavy atom. The molecule has 0 aliphatic rings. The number of hydrogen-bond donors (Lipinski definition) is 1. The molecule has 0 fully saturated rings. The molecule has 3 rings (SSSR count). The highest BCUT2D eigenvalue weighted by Gasteiger charge is 2.34. The standard InChI is InChI=1S/C27H31NO3S2/c1-20-15-17-23(18-16-20)33(30)28-25(21-11-7-5-8-12-21)24(26(29)31-27(2,3)4)19-32-22-13-9-6-10-14-22/h5-18,24-25,28H,19H2,1-4H3/t24-,25-,33?/m0/s1. The first-order valence-corrected chi connectivity index (χ1v) is 13.1. The lowest BCUT2D eigenvalue weighted by Gasteiger charge is -2.30. The highest BCUT2D eigenvalue weighted by atomic mass is 32.2. The molecule has 0 aliphatic heterocycles. The summed E-state index contributed by atoms with van der Waals surface area (Å²) in [5.74, 6) is -0.379. The number of benzene rings is 3. The normalized spacial score (nSPS) is 14.3. The van der Waals surface area contributed by atoms with E-state index in [0.717, 1.165) is 16.0 Å². The molecule has 3 aromatic carbocycles. The van der Waals surface area contributed by atoms with Crippen LogP contribution in [0.25, 0.3) is 0 Å². The van der Waals surface area contributed by atoms with E-state index in [1.54, 1.807) is 11.8 Å². The highest BCUT2D eigenvalue weighted by Crippen LogP contribution is 2.32. The van der Waals surface area contributed by atoms with Gasteiger partial charge in [0.05, 0.1) is 16.9 Å². The number of esters is 1. The molecule has 0 radical (unpaired) electrons. The van der Waals surface area contributed by atoms with Gasteiger partial charge in [0.2, 0.25) is 0 Å². The molecule has 0 saturated heterocycles. The number of carbonyl (C=O) groups excluding carboxylic acids is 1. The first-order valence-electron chi connectivity index (χ1n) is 10.9. The number of rotatable bonds is 9. The van der Waals surface area contributed by atoms with Crippen LogP contribution in [0.3, 0.4) is 0 Å². The molecule has 1 unspecified atom stereocenters. The van der Waals surface area contributed by atoms with Gasteiger partial charge in [-0.05, 0) is 57.5 Å². The molecule has 0 saturated carbocycles. The summed E-state index contributed by atoms with van der Waals surface area (Å²) in [7, 11) is -1.50. The van der Waals surface area contributed by atoms with Crippen molar-refractivity contribution in [2.24, 2.45) is 5.92 Å². The fraction of sp³-hybridized carbons (Fsp3) is 0.296. The van der Waals surface area contributed by atoms with Crippen molar-refractivity contribution in [1.29, 1.82) is 0 Å². The number of carbonyl (C=O) groups is 1. The van der Waals surface area contributed by atoms with Crippen LogP contribution in [0.2, 0.25) is 0 Å². The molecule has 4 nitrogen and oxygen atoms in total. The third-order valence-corrected chi connectivity index (χ3v) is 7.21. The van der Waals surface area contributed by atoms with Crippen molar-refractivity contribution in [2.75, 3.05) is 5.75 Å². The summed E-state index contributed by atoms with van der Waals surface area (Å²) in [4.78, 5) is 15.1. The SMILES string of the molecule is Cc1ccc(S(=O)N[C@@H](c2ccccc2)[C@H](CSc2ccccc2)C(=O)OC(C)(C)C)cc1. The van der Waals surface area contributed by atoms with Crippen molar-refractivity contribution in [1.82, 2.24) is 4.72 Å². The first kappa shape index (κ1) is 25.2. The molecule has 33 heavy (non-hydrogen) atoms. The highest BCUT2D eigenvalue weighted by molar-refractivity contribution is 7.99. The lowest BCUT2D eigenvalue weighted by Crippen LogP contribution is -2.39. The van der Waals surface area contributed by atoms with E-state index in [-0.39, 0.29) is 5.97 Å². The maximum absolute atomic E-state index is 13.4. The number of hydrogen-bond acceptors (Lipinski definition) is 4. The minimum Gasteiger partial charge on any atom is -0.460 e. The zero-order valence-electron chi connectivity index (χ0n) is 19.5. The number of aryl methyl sites for hydroxylation is 1. The van der Waals surface area contributed by atoms with E-state index in [9.17, 15) is 9.00 Å². The van der Waals surface area contributed by atoms with E-state index in [1.165, 1.54) is 0 Å². The van der Waals surface area contributed by atoms with Gasteiger partial charge in [0.25, 0.3) is 0 Å². The summed E-state index contributed by atoms with van der Waals surface area (Å²) in [5.41, 5.74) is 1.37. The van der Waals surface area contributed by atoms with Crippen LogP contribution in [0.5, 0.6) is 0 Å². The van der Waals surface area contributed by atoms with Gasteiger partial charge in [-0.1, -0.05) is 66.2 Å². The van der Waals surface area contributed by atoms with Crippen molar-refractivity contribution >= 4 is 28.7 Å². The van der Waals surface area contributed by atoms with Gasteiger partial charge in [-0.2, -0.15) is 0 Å².